The van der Waals surface area contributed by atoms with E-state index in [-0.39, 0.29) is 17.7 Å². The minimum atomic E-state index is -0.846. The standard InChI is InChI=1S/C13H12Br2N2O3/c1-3-4-10(16)12(18)17-11-8(13(19)20-2)5-7(14)6-9(11)15/h1,5-6,10H,4,16H2,2H3,(H,17,18). The number of benzene rings is 1. The van der Waals surface area contributed by atoms with E-state index in [1.807, 2.05) is 0 Å². The summed E-state index contributed by atoms with van der Waals surface area (Å²) in [5.74, 6) is 1.26. The Kier molecular flexibility index (Phi) is 6.20. The second-order valence-electron chi connectivity index (χ2n) is 3.81. The molecule has 0 radical (unpaired) electrons. The molecule has 7 heteroatoms. The molecule has 0 aliphatic rings. The Bertz CT molecular complexity index is 582. The smallest absolute Gasteiger partial charge is 0.340 e. The van der Waals surface area contributed by atoms with Gasteiger partial charge in [-0.1, -0.05) is 15.9 Å². The van der Waals surface area contributed by atoms with Gasteiger partial charge >= 0.3 is 5.97 Å². The van der Waals surface area contributed by atoms with E-state index >= 15 is 0 Å². The Morgan fingerprint density at radius 2 is 2.15 bits per heavy atom. The minimum Gasteiger partial charge on any atom is -0.465 e. The third-order valence-corrected chi connectivity index (χ3v) is 3.47. The molecule has 5 nitrogen and oxygen atoms in total. The molecule has 0 heterocycles. The van der Waals surface area contributed by atoms with Crippen molar-refractivity contribution in [2.75, 3.05) is 12.4 Å². The SMILES string of the molecule is C#CCC(N)C(=O)Nc1c(Br)cc(Br)cc1C(=O)OC. The number of ether oxygens (including phenoxy) is 1. The van der Waals surface area contributed by atoms with Gasteiger partial charge in [-0.25, -0.2) is 4.79 Å². The maximum atomic E-state index is 11.9. The summed E-state index contributed by atoms with van der Waals surface area (Å²) in [6.45, 7) is 0. The molecule has 0 saturated heterocycles. The first-order valence-corrected chi connectivity index (χ1v) is 7.06. The van der Waals surface area contributed by atoms with Gasteiger partial charge in [0, 0.05) is 15.4 Å². The van der Waals surface area contributed by atoms with Crippen LogP contribution in [0.5, 0.6) is 0 Å². The van der Waals surface area contributed by atoms with E-state index < -0.39 is 17.9 Å². The molecule has 0 aliphatic heterocycles. The van der Waals surface area contributed by atoms with Crippen molar-refractivity contribution in [3.8, 4) is 12.3 Å². The van der Waals surface area contributed by atoms with Gasteiger partial charge in [0.25, 0.3) is 0 Å². The quantitative estimate of drug-likeness (QED) is 0.596. The van der Waals surface area contributed by atoms with Crippen LogP contribution in [0.4, 0.5) is 5.69 Å². The summed E-state index contributed by atoms with van der Waals surface area (Å²) in [4.78, 5) is 23.6. The van der Waals surface area contributed by atoms with Gasteiger partial charge < -0.3 is 15.8 Å². The molecular weight excluding hydrogens is 392 g/mol. The first kappa shape index (κ1) is 16.7. The average Bonchev–Trinajstić information content (AvgIpc) is 2.40. The fourth-order valence-electron chi connectivity index (χ4n) is 1.41. The Balaban J connectivity index is 3.14. The Morgan fingerprint density at radius 1 is 1.50 bits per heavy atom. The van der Waals surface area contributed by atoms with E-state index in [1.54, 1.807) is 12.1 Å². The highest BCUT2D eigenvalue weighted by atomic mass is 79.9. The first-order chi connectivity index (χ1) is 9.40. The number of esters is 1. The lowest BCUT2D eigenvalue weighted by atomic mass is 10.1. The van der Waals surface area contributed by atoms with E-state index in [1.165, 1.54) is 7.11 Å². The molecule has 106 valence electrons. The number of nitrogens with one attached hydrogen (secondary N) is 1. The van der Waals surface area contributed by atoms with Crippen molar-refractivity contribution in [2.24, 2.45) is 5.73 Å². The maximum Gasteiger partial charge on any atom is 0.340 e. The van der Waals surface area contributed by atoms with Crippen LogP contribution in [0.15, 0.2) is 21.1 Å². The summed E-state index contributed by atoms with van der Waals surface area (Å²) >= 11 is 6.54. The molecule has 1 aromatic rings. The van der Waals surface area contributed by atoms with Gasteiger partial charge in [0.1, 0.15) is 0 Å². The van der Waals surface area contributed by atoms with E-state index in [9.17, 15) is 9.59 Å². The molecule has 1 rings (SSSR count). The number of carbonyl (C=O) groups excluding carboxylic acids is 2. The number of hydrogen-bond acceptors (Lipinski definition) is 4. The van der Waals surface area contributed by atoms with Crippen molar-refractivity contribution in [1.82, 2.24) is 0 Å². The van der Waals surface area contributed by atoms with Gasteiger partial charge in [-0.15, -0.1) is 12.3 Å². The number of carbonyl (C=O) groups is 2. The number of terminal acetylenes is 1. The lowest BCUT2D eigenvalue weighted by molar-refractivity contribution is -0.117. The molecule has 0 bridgehead atoms. The van der Waals surface area contributed by atoms with Crippen LogP contribution in [-0.2, 0) is 9.53 Å². The van der Waals surface area contributed by atoms with Crippen LogP contribution in [0.3, 0.4) is 0 Å². The van der Waals surface area contributed by atoms with Gasteiger partial charge in [-0.2, -0.15) is 0 Å². The van der Waals surface area contributed by atoms with Crippen LogP contribution in [0, 0.1) is 12.3 Å². The summed E-state index contributed by atoms with van der Waals surface area (Å²) in [6, 6.07) is 2.38. The van der Waals surface area contributed by atoms with Crippen molar-refractivity contribution in [1.29, 1.82) is 0 Å². The molecule has 0 fully saturated rings. The molecule has 0 aromatic heterocycles. The zero-order valence-corrected chi connectivity index (χ0v) is 13.7. The molecule has 3 N–H and O–H groups in total. The molecule has 0 saturated carbocycles. The number of halogens is 2. The molecule has 0 spiro atoms. The number of nitrogens with two attached hydrogens (primary N) is 1. The third kappa shape index (κ3) is 4.07. The predicted molar refractivity (Wildman–Crippen MR) is 83.2 cm³/mol. The Morgan fingerprint density at radius 3 is 2.70 bits per heavy atom. The molecule has 1 atom stereocenters. The topological polar surface area (TPSA) is 81.4 Å². The van der Waals surface area contributed by atoms with Gasteiger partial charge in [-0.05, 0) is 28.1 Å². The lowest BCUT2D eigenvalue weighted by Gasteiger charge is -2.14. The molecule has 1 amide bonds. The van der Waals surface area contributed by atoms with E-state index in [0.29, 0.717) is 8.95 Å². The summed E-state index contributed by atoms with van der Waals surface area (Å²) in [5.41, 5.74) is 6.11. The first-order valence-electron chi connectivity index (χ1n) is 5.48. The Hall–Kier alpha value is -1.36. The highest BCUT2D eigenvalue weighted by molar-refractivity contribution is 9.11. The van der Waals surface area contributed by atoms with Crippen LogP contribution in [-0.4, -0.2) is 25.0 Å². The largest absolute Gasteiger partial charge is 0.465 e. The minimum absolute atomic E-state index is 0.105. The summed E-state index contributed by atoms with van der Waals surface area (Å²) in [6.07, 6.45) is 5.22. The lowest BCUT2D eigenvalue weighted by Crippen LogP contribution is -2.35. The fourth-order valence-corrected chi connectivity index (χ4v) is 2.73. The monoisotopic (exact) mass is 402 g/mol. The van der Waals surface area contributed by atoms with E-state index in [2.05, 4.69) is 47.8 Å². The zero-order valence-electron chi connectivity index (χ0n) is 10.6. The van der Waals surface area contributed by atoms with Gasteiger partial charge in [-0.3, -0.25) is 4.79 Å². The van der Waals surface area contributed by atoms with Crippen LogP contribution in [0.1, 0.15) is 16.8 Å². The van der Waals surface area contributed by atoms with Crippen molar-refractivity contribution in [3.05, 3.63) is 26.6 Å². The van der Waals surface area contributed by atoms with Crippen molar-refractivity contribution in [3.63, 3.8) is 0 Å². The van der Waals surface area contributed by atoms with Gasteiger partial charge in [0.2, 0.25) is 5.91 Å². The van der Waals surface area contributed by atoms with Gasteiger partial charge in [0.15, 0.2) is 0 Å². The molecule has 0 aliphatic carbocycles. The number of methoxy groups -OCH3 is 1. The highest BCUT2D eigenvalue weighted by Gasteiger charge is 2.20. The zero-order chi connectivity index (χ0) is 15.3. The average molecular weight is 404 g/mol. The number of anilines is 1. The summed E-state index contributed by atoms with van der Waals surface area (Å²) < 4.78 is 5.87. The second kappa shape index (κ2) is 7.43. The Labute approximate surface area is 133 Å². The predicted octanol–water partition coefficient (Wildman–Crippen LogP) is 2.29. The molecular formula is C13H12Br2N2O3. The fraction of sp³-hybridized carbons (Fsp3) is 0.231. The molecule has 20 heavy (non-hydrogen) atoms. The van der Waals surface area contributed by atoms with Gasteiger partial charge in [0.05, 0.1) is 24.4 Å². The van der Waals surface area contributed by atoms with Crippen molar-refractivity contribution in [2.45, 2.75) is 12.5 Å². The summed E-state index contributed by atoms with van der Waals surface area (Å²) in [7, 11) is 1.26. The summed E-state index contributed by atoms with van der Waals surface area (Å²) in [5, 5.41) is 2.58. The van der Waals surface area contributed by atoms with Crippen molar-refractivity contribution < 1.29 is 14.3 Å². The van der Waals surface area contributed by atoms with Crippen LogP contribution >= 0.6 is 31.9 Å². The highest BCUT2D eigenvalue weighted by Crippen LogP contribution is 2.31. The number of rotatable bonds is 4. The number of amides is 1. The molecule has 1 aromatic carbocycles. The second-order valence-corrected chi connectivity index (χ2v) is 5.58. The van der Waals surface area contributed by atoms with Crippen LogP contribution in [0.2, 0.25) is 0 Å². The van der Waals surface area contributed by atoms with Crippen LogP contribution < -0.4 is 11.1 Å². The number of hydrogen-bond donors (Lipinski definition) is 2. The normalized spacial score (nSPS) is 11.3. The molecule has 1 unspecified atom stereocenters. The maximum absolute atomic E-state index is 11.9. The van der Waals surface area contributed by atoms with E-state index in [4.69, 9.17) is 12.2 Å². The van der Waals surface area contributed by atoms with Crippen molar-refractivity contribution >= 4 is 49.4 Å². The van der Waals surface area contributed by atoms with Crippen LogP contribution in [0.25, 0.3) is 0 Å². The van der Waals surface area contributed by atoms with E-state index in [0.717, 1.165) is 0 Å². The third-order valence-electron chi connectivity index (χ3n) is 2.38.